The van der Waals surface area contributed by atoms with Crippen molar-refractivity contribution in [3.8, 4) is 0 Å². The lowest BCUT2D eigenvalue weighted by molar-refractivity contribution is -0.0913. The second-order valence-electron chi connectivity index (χ2n) is 4.69. The molecule has 0 aromatic rings. The van der Waals surface area contributed by atoms with E-state index in [0.29, 0.717) is 0 Å². The van der Waals surface area contributed by atoms with Crippen LogP contribution in [-0.2, 0) is 0 Å². The molecule has 1 atom stereocenters. The molecule has 0 N–H and O–H groups in total. The van der Waals surface area contributed by atoms with Crippen LogP contribution >= 0.6 is 0 Å². The topological polar surface area (TPSA) is 0 Å². The Hall–Kier alpha value is -1.84. The van der Waals surface area contributed by atoms with Gasteiger partial charge in [0.1, 0.15) is 6.17 Å². The molecular formula is C18H22F4. The van der Waals surface area contributed by atoms with Gasteiger partial charge in [0.25, 0.3) is 0 Å². The molecule has 122 valence electrons. The van der Waals surface area contributed by atoms with Gasteiger partial charge in [-0.15, -0.1) is 0 Å². The van der Waals surface area contributed by atoms with Crippen molar-refractivity contribution in [2.75, 3.05) is 0 Å². The Balaban J connectivity index is 5.47. The van der Waals surface area contributed by atoms with Gasteiger partial charge in [-0.3, -0.25) is 0 Å². The van der Waals surface area contributed by atoms with E-state index in [-0.39, 0.29) is 12.0 Å². The highest BCUT2D eigenvalue weighted by Crippen LogP contribution is 2.26. The van der Waals surface area contributed by atoms with Crippen molar-refractivity contribution in [1.29, 1.82) is 0 Å². The highest BCUT2D eigenvalue weighted by molar-refractivity contribution is 5.33. The normalized spacial score (nSPS) is 16.0. The van der Waals surface area contributed by atoms with Crippen LogP contribution in [0.4, 0.5) is 17.6 Å². The molecule has 0 aromatic heterocycles. The Bertz CT molecular complexity index is 488. The lowest BCUT2D eigenvalue weighted by Crippen LogP contribution is -2.08. The van der Waals surface area contributed by atoms with Crippen molar-refractivity contribution in [2.24, 2.45) is 0 Å². The molecule has 0 aliphatic carbocycles. The predicted octanol–water partition coefficient (Wildman–Crippen LogP) is 6.41. The molecule has 0 nitrogen and oxygen atoms in total. The predicted molar refractivity (Wildman–Crippen MR) is 85.3 cm³/mol. The monoisotopic (exact) mass is 314 g/mol. The van der Waals surface area contributed by atoms with E-state index in [9.17, 15) is 17.6 Å². The van der Waals surface area contributed by atoms with Gasteiger partial charge in [-0.05, 0) is 30.9 Å². The minimum absolute atomic E-state index is 0.192. The standard InChI is InChI=1S/C18H22F4/c1-5-8-10-15(9-6-2)13-16(17(19)7-3)12-11-14(4)18(20,21)22/h6-12,17H,2-3,5,13H2,1,4H3/b10-8?,14-11+,15-9+,16-12-. The molecule has 0 fully saturated rings. The lowest BCUT2D eigenvalue weighted by Gasteiger charge is -2.11. The maximum Gasteiger partial charge on any atom is 0.412 e. The highest BCUT2D eigenvalue weighted by Gasteiger charge is 2.29. The molecule has 0 aliphatic heterocycles. The van der Waals surface area contributed by atoms with Crippen molar-refractivity contribution < 1.29 is 17.6 Å². The Morgan fingerprint density at radius 2 is 1.77 bits per heavy atom. The van der Waals surface area contributed by atoms with Gasteiger partial charge >= 0.3 is 6.18 Å². The van der Waals surface area contributed by atoms with E-state index >= 15 is 0 Å². The molecule has 0 rings (SSSR count). The number of alkyl halides is 4. The summed E-state index contributed by atoms with van der Waals surface area (Å²) in [4.78, 5) is 0. The van der Waals surface area contributed by atoms with Crippen molar-refractivity contribution in [3.05, 3.63) is 72.4 Å². The molecule has 22 heavy (non-hydrogen) atoms. The van der Waals surface area contributed by atoms with Gasteiger partial charge in [0.05, 0.1) is 0 Å². The Labute approximate surface area is 129 Å². The van der Waals surface area contributed by atoms with Gasteiger partial charge in [0.2, 0.25) is 0 Å². The fraction of sp³-hybridized carbons (Fsp3) is 0.333. The van der Waals surface area contributed by atoms with E-state index < -0.39 is 17.9 Å². The molecule has 0 aromatic carbocycles. The van der Waals surface area contributed by atoms with E-state index in [1.807, 2.05) is 19.1 Å². The van der Waals surface area contributed by atoms with Crippen molar-refractivity contribution in [2.45, 2.75) is 39.0 Å². The third kappa shape index (κ3) is 7.81. The lowest BCUT2D eigenvalue weighted by atomic mass is 9.99. The first-order chi connectivity index (χ1) is 10.3. The number of allylic oxidation sites excluding steroid dienone is 10. The third-order valence-corrected chi connectivity index (χ3v) is 2.86. The van der Waals surface area contributed by atoms with Crippen LogP contribution < -0.4 is 0 Å². The molecule has 1 unspecified atom stereocenters. The summed E-state index contributed by atoms with van der Waals surface area (Å²) in [6, 6.07) is 0. The fourth-order valence-corrected chi connectivity index (χ4v) is 1.56. The molecule has 0 radical (unpaired) electrons. The average Bonchev–Trinajstić information content (AvgIpc) is 2.46. The zero-order valence-corrected chi connectivity index (χ0v) is 13.0. The molecule has 0 saturated heterocycles. The largest absolute Gasteiger partial charge is 0.412 e. The molecule has 0 bridgehead atoms. The van der Waals surface area contributed by atoms with Crippen molar-refractivity contribution in [1.82, 2.24) is 0 Å². The van der Waals surface area contributed by atoms with Crippen LogP contribution in [0.5, 0.6) is 0 Å². The number of hydrogen-bond donors (Lipinski definition) is 0. The molecule has 0 spiro atoms. The smallest absolute Gasteiger partial charge is 0.238 e. The zero-order valence-electron chi connectivity index (χ0n) is 13.0. The van der Waals surface area contributed by atoms with Gasteiger partial charge in [-0.25, -0.2) is 4.39 Å². The maximum atomic E-state index is 13.9. The van der Waals surface area contributed by atoms with Crippen molar-refractivity contribution in [3.63, 3.8) is 0 Å². The maximum absolute atomic E-state index is 13.9. The van der Waals surface area contributed by atoms with Crippen LogP contribution in [0, 0.1) is 0 Å². The fourth-order valence-electron chi connectivity index (χ4n) is 1.56. The van der Waals surface area contributed by atoms with E-state index in [4.69, 9.17) is 0 Å². The van der Waals surface area contributed by atoms with Crippen LogP contribution in [-0.4, -0.2) is 12.3 Å². The first kappa shape index (κ1) is 20.2. The quantitative estimate of drug-likeness (QED) is 0.276. The minimum Gasteiger partial charge on any atom is -0.238 e. The van der Waals surface area contributed by atoms with Crippen LogP contribution in [0.1, 0.15) is 26.7 Å². The van der Waals surface area contributed by atoms with Gasteiger partial charge in [-0.2, -0.15) is 13.2 Å². The summed E-state index contributed by atoms with van der Waals surface area (Å²) >= 11 is 0. The van der Waals surface area contributed by atoms with E-state index in [2.05, 4.69) is 13.2 Å². The Kier molecular flexibility index (Phi) is 9.15. The van der Waals surface area contributed by atoms with Crippen LogP contribution in [0.15, 0.2) is 72.4 Å². The zero-order chi connectivity index (χ0) is 17.2. The third-order valence-electron chi connectivity index (χ3n) is 2.86. The molecule has 0 aliphatic rings. The molecule has 0 saturated carbocycles. The second-order valence-corrected chi connectivity index (χ2v) is 4.69. The number of halogens is 4. The minimum atomic E-state index is -4.41. The molecular weight excluding hydrogens is 292 g/mol. The molecule has 0 heterocycles. The second kappa shape index (κ2) is 9.98. The van der Waals surface area contributed by atoms with Gasteiger partial charge < -0.3 is 0 Å². The number of hydrogen-bond acceptors (Lipinski definition) is 0. The Morgan fingerprint density at radius 3 is 2.23 bits per heavy atom. The van der Waals surface area contributed by atoms with Gasteiger partial charge in [-0.1, -0.05) is 62.6 Å². The number of rotatable bonds is 8. The first-order valence-electron chi connectivity index (χ1n) is 6.95. The summed E-state index contributed by atoms with van der Waals surface area (Å²) in [6.07, 6.45) is 5.18. The van der Waals surface area contributed by atoms with Gasteiger partial charge in [0.15, 0.2) is 0 Å². The SMILES string of the molecule is C=C/C=C(\C=CCC)C/C(=C/C=C(\C)C(F)(F)F)C(F)C=C. The summed E-state index contributed by atoms with van der Waals surface area (Å²) in [5.41, 5.74) is 0.206. The van der Waals surface area contributed by atoms with E-state index in [1.54, 1.807) is 12.2 Å². The summed E-state index contributed by atoms with van der Waals surface area (Å²) < 4.78 is 51.3. The summed E-state index contributed by atoms with van der Waals surface area (Å²) in [6.45, 7) is 9.84. The summed E-state index contributed by atoms with van der Waals surface area (Å²) in [5.74, 6) is 0. The van der Waals surface area contributed by atoms with E-state index in [1.165, 1.54) is 6.08 Å². The Morgan fingerprint density at radius 1 is 1.14 bits per heavy atom. The van der Waals surface area contributed by atoms with Crippen molar-refractivity contribution >= 4 is 0 Å². The van der Waals surface area contributed by atoms with Crippen LogP contribution in [0.25, 0.3) is 0 Å². The average molecular weight is 314 g/mol. The summed E-state index contributed by atoms with van der Waals surface area (Å²) in [5, 5.41) is 0. The molecule has 0 amide bonds. The molecule has 4 heteroatoms. The summed E-state index contributed by atoms with van der Waals surface area (Å²) in [7, 11) is 0. The van der Waals surface area contributed by atoms with E-state index in [0.717, 1.165) is 31.1 Å². The van der Waals surface area contributed by atoms with Gasteiger partial charge in [0, 0.05) is 5.57 Å². The van der Waals surface area contributed by atoms with Crippen LogP contribution in [0.3, 0.4) is 0 Å². The highest BCUT2D eigenvalue weighted by atomic mass is 19.4. The first-order valence-corrected chi connectivity index (χ1v) is 6.95. The van der Waals surface area contributed by atoms with Crippen LogP contribution in [0.2, 0.25) is 0 Å².